The molecule has 10 aromatic rings. The number of para-hydroxylation sites is 3. The lowest BCUT2D eigenvalue weighted by molar-refractivity contribution is 1.17. The maximum absolute atomic E-state index is 2.40. The Morgan fingerprint density at radius 3 is 1.62 bits per heavy atom. The molecule has 1 heterocycles. The Labute approximate surface area is 303 Å². The molecule has 0 aliphatic rings. The zero-order chi connectivity index (χ0) is 34.4. The number of nitrogens with zero attached hydrogens (tertiary/aromatic N) is 2. The van der Waals surface area contributed by atoms with E-state index in [9.17, 15) is 0 Å². The Balaban J connectivity index is 1.19. The van der Waals surface area contributed by atoms with Crippen molar-refractivity contribution in [3.63, 3.8) is 0 Å². The first kappa shape index (κ1) is 30.0. The van der Waals surface area contributed by atoms with Crippen LogP contribution in [0.15, 0.2) is 206 Å². The van der Waals surface area contributed by atoms with Crippen molar-refractivity contribution in [2.45, 2.75) is 0 Å². The Morgan fingerprint density at radius 1 is 0.346 bits per heavy atom. The summed E-state index contributed by atoms with van der Waals surface area (Å²) in [6.07, 6.45) is 0. The number of rotatable bonds is 6. The number of anilines is 3. The molecule has 0 N–H and O–H groups in total. The largest absolute Gasteiger partial charge is 0.310 e. The summed E-state index contributed by atoms with van der Waals surface area (Å²) in [5, 5.41) is 7.44. The molecule has 0 radical (unpaired) electrons. The quantitative estimate of drug-likeness (QED) is 0.172. The molecule has 0 saturated carbocycles. The van der Waals surface area contributed by atoms with Crippen LogP contribution in [0.5, 0.6) is 0 Å². The summed E-state index contributed by atoms with van der Waals surface area (Å²) in [5.74, 6) is 0. The molecule has 52 heavy (non-hydrogen) atoms. The fraction of sp³-hybridized carbons (Fsp3) is 0. The van der Waals surface area contributed by atoms with Crippen LogP contribution in [-0.4, -0.2) is 4.57 Å². The van der Waals surface area contributed by atoms with Gasteiger partial charge in [-0.2, -0.15) is 0 Å². The third-order valence-electron chi connectivity index (χ3n) is 10.4. The highest BCUT2D eigenvalue weighted by atomic mass is 15.1. The molecule has 0 bridgehead atoms. The van der Waals surface area contributed by atoms with Crippen molar-refractivity contribution < 1.29 is 0 Å². The molecule has 0 spiro atoms. The molecule has 2 heteroatoms. The summed E-state index contributed by atoms with van der Waals surface area (Å²) in [6, 6.07) is 74.6. The highest BCUT2D eigenvalue weighted by molar-refractivity contribution is 6.14. The highest BCUT2D eigenvalue weighted by Crippen LogP contribution is 2.45. The summed E-state index contributed by atoms with van der Waals surface area (Å²) in [7, 11) is 0. The molecule has 0 saturated heterocycles. The second-order valence-electron chi connectivity index (χ2n) is 13.3. The number of benzene rings is 9. The van der Waals surface area contributed by atoms with Crippen LogP contribution >= 0.6 is 0 Å². The lowest BCUT2D eigenvalue weighted by atomic mass is 9.89. The van der Waals surface area contributed by atoms with Gasteiger partial charge in [-0.3, -0.25) is 0 Å². The van der Waals surface area contributed by atoms with E-state index in [1.165, 1.54) is 65.6 Å². The van der Waals surface area contributed by atoms with E-state index in [1.807, 2.05) is 0 Å². The molecule has 0 atom stereocenters. The topological polar surface area (TPSA) is 8.17 Å². The number of aromatic nitrogens is 1. The van der Waals surface area contributed by atoms with Crippen LogP contribution < -0.4 is 4.90 Å². The Hall–Kier alpha value is -6.90. The second kappa shape index (κ2) is 12.5. The molecule has 244 valence electrons. The smallest absolute Gasteiger partial charge is 0.0541 e. The minimum atomic E-state index is 1.10. The predicted octanol–water partition coefficient (Wildman–Crippen LogP) is 13.9. The third-order valence-corrected chi connectivity index (χ3v) is 10.4. The van der Waals surface area contributed by atoms with Gasteiger partial charge in [0, 0.05) is 33.2 Å². The van der Waals surface area contributed by atoms with Crippen LogP contribution in [0.4, 0.5) is 17.1 Å². The van der Waals surface area contributed by atoms with Gasteiger partial charge in [-0.15, -0.1) is 0 Å². The van der Waals surface area contributed by atoms with Crippen LogP contribution in [0.1, 0.15) is 0 Å². The second-order valence-corrected chi connectivity index (χ2v) is 13.3. The van der Waals surface area contributed by atoms with Gasteiger partial charge in [-0.05, 0) is 86.9 Å². The highest BCUT2D eigenvalue weighted by Gasteiger charge is 2.20. The summed E-state index contributed by atoms with van der Waals surface area (Å²) in [6.45, 7) is 0. The van der Waals surface area contributed by atoms with Crippen molar-refractivity contribution in [3.8, 4) is 27.9 Å². The monoisotopic (exact) mass is 662 g/mol. The fourth-order valence-electron chi connectivity index (χ4n) is 8.11. The fourth-order valence-corrected chi connectivity index (χ4v) is 8.11. The van der Waals surface area contributed by atoms with Crippen molar-refractivity contribution >= 4 is 60.4 Å². The normalized spacial score (nSPS) is 11.5. The zero-order valence-corrected chi connectivity index (χ0v) is 28.5. The first-order chi connectivity index (χ1) is 25.8. The van der Waals surface area contributed by atoms with Gasteiger partial charge in [-0.25, -0.2) is 0 Å². The summed E-state index contributed by atoms with van der Waals surface area (Å²) in [5.41, 5.74) is 11.8. The van der Waals surface area contributed by atoms with E-state index >= 15 is 0 Å². The lowest BCUT2D eigenvalue weighted by Crippen LogP contribution is -2.11. The molecular weight excluding hydrogens is 629 g/mol. The molecule has 0 aliphatic heterocycles. The average molecular weight is 663 g/mol. The van der Waals surface area contributed by atoms with Crippen LogP contribution in [0, 0.1) is 0 Å². The molecule has 0 aliphatic carbocycles. The van der Waals surface area contributed by atoms with E-state index in [2.05, 4.69) is 216 Å². The lowest BCUT2D eigenvalue weighted by Gasteiger charge is -2.28. The van der Waals surface area contributed by atoms with Crippen LogP contribution in [0.2, 0.25) is 0 Å². The van der Waals surface area contributed by atoms with Crippen LogP contribution in [0.3, 0.4) is 0 Å². The van der Waals surface area contributed by atoms with Crippen LogP contribution in [-0.2, 0) is 0 Å². The maximum Gasteiger partial charge on any atom is 0.0541 e. The van der Waals surface area contributed by atoms with Gasteiger partial charge in [0.1, 0.15) is 0 Å². The Morgan fingerprint density at radius 2 is 0.904 bits per heavy atom. The molecular formula is C50H34N2. The number of fused-ring (bicyclic) bond motifs is 5. The molecule has 0 amide bonds. The van der Waals surface area contributed by atoms with Gasteiger partial charge >= 0.3 is 0 Å². The van der Waals surface area contributed by atoms with E-state index in [0.29, 0.717) is 0 Å². The molecule has 2 nitrogen and oxygen atoms in total. The van der Waals surface area contributed by atoms with Crippen molar-refractivity contribution in [1.82, 2.24) is 4.57 Å². The predicted molar refractivity (Wildman–Crippen MR) is 221 cm³/mol. The van der Waals surface area contributed by atoms with Gasteiger partial charge in [0.25, 0.3) is 0 Å². The summed E-state index contributed by atoms with van der Waals surface area (Å²) in [4.78, 5) is 2.40. The number of hydrogen-bond acceptors (Lipinski definition) is 1. The SMILES string of the molecule is c1ccc(-c2cccc3cccc(-c4ccc(N(c5ccccc5)c5cccc(-n6c7ccccc7c7ccccc76)c5)c5ccccc45)c23)cc1. The average Bonchev–Trinajstić information content (AvgIpc) is 3.56. The van der Waals surface area contributed by atoms with Gasteiger partial charge in [0.05, 0.1) is 16.7 Å². The first-order valence-corrected chi connectivity index (χ1v) is 17.9. The molecule has 1 aromatic heterocycles. The maximum atomic E-state index is 2.40. The molecule has 9 aromatic carbocycles. The van der Waals surface area contributed by atoms with E-state index in [1.54, 1.807) is 0 Å². The van der Waals surface area contributed by atoms with Crippen molar-refractivity contribution in [3.05, 3.63) is 206 Å². The molecule has 10 rings (SSSR count). The minimum absolute atomic E-state index is 1.10. The minimum Gasteiger partial charge on any atom is -0.310 e. The van der Waals surface area contributed by atoms with E-state index in [-0.39, 0.29) is 0 Å². The molecule has 0 fully saturated rings. The Bertz CT molecular complexity index is 2840. The van der Waals surface area contributed by atoms with Crippen molar-refractivity contribution in [2.24, 2.45) is 0 Å². The van der Waals surface area contributed by atoms with Crippen LogP contribution in [0.25, 0.3) is 71.3 Å². The summed E-state index contributed by atoms with van der Waals surface area (Å²) < 4.78 is 2.39. The first-order valence-electron chi connectivity index (χ1n) is 17.9. The van der Waals surface area contributed by atoms with E-state index in [4.69, 9.17) is 0 Å². The van der Waals surface area contributed by atoms with E-state index < -0.39 is 0 Å². The summed E-state index contributed by atoms with van der Waals surface area (Å²) >= 11 is 0. The van der Waals surface area contributed by atoms with Gasteiger partial charge in [-0.1, -0.05) is 158 Å². The Kier molecular flexibility index (Phi) is 7.18. The van der Waals surface area contributed by atoms with E-state index in [0.717, 1.165) is 22.7 Å². The number of hydrogen-bond donors (Lipinski definition) is 0. The molecule has 0 unspecified atom stereocenters. The third kappa shape index (κ3) is 4.88. The van der Waals surface area contributed by atoms with Crippen molar-refractivity contribution in [1.29, 1.82) is 0 Å². The van der Waals surface area contributed by atoms with Gasteiger partial charge in [0.15, 0.2) is 0 Å². The zero-order valence-electron chi connectivity index (χ0n) is 28.5. The standard InChI is InChI=1S/C50H34N2/c1-3-16-35(17-4-1)40-28-13-18-36-19-14-29-46(50(36)40)42-32-33-49(43-25-8-7-24-41(42)43)51(37-20-5-2-6-21-37)38-22-15-23-39(34-38)52-47-30-11-9-26-44(47)45-27-10-12-31-48(45)52/h1-34H. The van der Waals surface area contributed by atoms with Gasteiger partial charge in [0.2, 0.25) is 0 Å². The van der Waals surface area contributed by atoms with Crippen molar-refractivity contribution in [2.75, 3.05) is 4.90 Å². The van der Waals surface area contributed by atoms with Gasteiger partial charge < -0.3 is 9.47 Å².